The van der Waals surface area contributed by atoms with E-state index in [1.165, 1.54) is 0 Å². The maximum atomic E-state index is 11.7. The summed E-state index contributed by atoms with van der Waals surface area (Å²) >= 11 is 5.78. The van der Waals surface area contributed by atoms with Crippen LogP contribution in [0.3, 0.4) is 0 Å². The van der Waals surface area contributed by atoms with Gasteiger partial charge in [-0.1, -0.05) is 11.6 Å². The Bertz CT molecular complexity index is 505. The first-order chi connectivity index (χ1) is 10.6. The zero-order chi connectivity index (χ0) is 15.8. The Hall–Kier alpha value is -1.75. The minimum absolute atomic E-state index is 0.00801. The molecular weight excluding hydrogens is 304 g/mol. The highest BCUT2D eigenvalue weighted by molar-refractivity contribution is 6.30. The van der Waals surface area contributed by atoms with Gasteiger partial charge in [0.15, 0.2) is 0 Å². The Morgan fingerprint density at radius 1 is 1.32 bits per heavy atom. The first kappa shape index (κ1) is 16.6. The number of ether oxygens (including phenoxy) is 1. The van der Waals surface area contributed by atoms with E-state index in [9.17, 15) is 9.59 Å². The monoisotopic (exact) mass is 324 g/mol. The number of carbonyl (C=O) groups is 2. The van der Waals surface area contributed by atoms with Crippen LogP contribution in [0.25, 0.3) is 0 Å². The van der Waals surface area contributed by atoms with Gasteiger partial charge in [0.05, 0.1) is 6.54 Å². The fraction of sp³-hybridized carbons (Fsp3) is 0.500. The van der Waals surface area contributed by atoms with Crippen molar-refractivity contribution in [1.82, 2.24) is 10.2 Å². The van der Waals surface area contributed by atoms with Crippen molar-refractivity contribution in [3.8, 4) is 5.75 Å². The van der Waals surface area contributed by atoms with E-state index >= 15 is 0 Å². The van der Waals surface area contributed by atoms with E-state index in [1.807, 2.05) is 4.90 Å². The molecule has 120 valence electrons. The van der Waals surface area contributed by atoms with Crippen molar-refractivity contribution in [3.63, 3.8) is 0 Å². The Balaban J connectivity index is 1.52. The van der Waals surface area contributed by atoms with Crippen LogP contribution in [0.1, 0.15) is 25.7 Å². The topological polar surface area (TPSA) is 58.6 Å². The molecule has 1 aliphatic heterocycles. The highest BCUT2D eigenvalue weighted by Gasteiger charge is 2.19. The molecule has 0 radical (unpaired) electrons. The quantitative estimate of drug-likeness (QED) is 0.746. The van der Waals surface area contributed by atoms with Gasteiger partial charge in [0.25, 0.3) is 0 Å². The lowest BCUT2D eigenvalue weighted by molar-refractivity contribution is -0.128. The second-order valence-electron chi connectivity index (χ2n) is 5.24. The normalized spacial score (nSPS) is 14.2. The molecule has 1 heterocycles. The average molecular weight is 325 g/mol. The molecule has 1 N–H and O–H groups in total. The predicted molar refractivity (Wildman–Crippen MR) is 85.0 cm³/mol. The van der Waals surface area contributed by atoms with E-state index in [2.05, 4.69) is 5.32 Å². The fourth-order valence-electron chi connectivity index (χ4n) is 2.35. The van der Waals surface area contributed by atoms with Gasteiger partial charge in [-0.05, 0) is 37.1 Å². The highest BCUT2D eigenvalue weighted by atomic mass is 35.5. The van der Waals surface area contributed by atoms with Crippen molar-refractivity contribution in [2.75, 3.05) is 26.2 Å². The molecule has 6 heteroatoms. The number of likely N-dealkylation sites (tertiary alicyclic amines) is 1. The van der Waals surface area contributed by atoms with Gasteiger partial charge >= 0.3 is 0 Å². The predicted octanol–water partition coefficient (Wildman–Crippen LogP) is 2.24. The third-order valence-corrected chi connectivity index (χ3v) is 3.76. The molecule has 0 unspecified atom stereocenters. The van der Waals surface area contributed by atoms with E-state index in [4.69, 9.17) is 16.3 Å². The molecule has 0 aromatic heterocycles. The van der Waals surface area contributed by atoms with Gasteiger partial charge in [0.1, 0.15) is 12.4 Å². The van der Waals surface area contributed by atoms with E-state index < -0.39 is 0 Å². The summed E-state index contributed by atoms with van der Waals surface area (Å²) < 4.78 is 5.48. The Kier molecular flexibility index (Phi) is 6.52. The van der Waals surface area contributed by atoms with Crippen LogP contribution in [0.4, 0.5) is 0 Å². The van der Waals surface area contributed by atoms with Gasteiger partial charge in [0.2, 0.25) is 11.8 Å². The molecule has 2 amide bonds. The lowest BCUT2D eigenvalue weighted by Gasteiger charge is -2.14. The summed E-state index contributed by atoms with van der Waals surface area (Å²) in [6.07, 6.45) is 2.72. The zero-order valence-electron chi connectivity index (χ0n) is 12.5. The SMILES string of the molecule is O=C(CCCN1CCCC1=O)NCCOc1ccc(Cl)cc1. The van der Waals surface area contributed by atoms with Crippen LogP contribution < -0.4 is 10.1 Å². The van der Waals surface area contributed by atoms with E-state index in [0.717, 1.165) is 18.7 Å². The van der Waals surface area contributed by atoms with E-state index in [0.29, 0.717) is 44.0 Å². The molecule has 2 rings (SSSR count). The van der Waals surface area contributed by atoms with E-state index in [-0.39, 0.29) is 11.8 Å². The fourth-order valence-corrected chi connectivity index (χ4v) is 2.48. The summed E-state index contributed by atoms with van der Waals surface area (Å²) in [5, 5.41) is 3.47. The standard InChI is InChI=1S/C16H21ClN2O3/c17-13-5-7-14(8-6-13)22-12-9-18-15(20)3-1-10-19-11-2-4-16(19)21/h5-8H,1-4,9-12H2,(H,18,20). The number of nitrogens with one attached hydrogen (secondary N) is 1. The van der Waals surface area contributed by atoms with Crippen LogP contribution in [0, 0.1) is 0 Å². The van der Waals surface area contributed by atoms with Gasteiger partial charge < -0.3 is 15.0 Å². The van der Waals surface area contributed by atoms with Crippen LogP contribution in [0.5, 0.6) is 5.75 Å². The second-order valence-corrected chi connectivity index (χ2v) is 5.68. The third kappa shape index (κ3) is 5.56. The van der Waals surface area contributed by atoms with Crippen LogP contribution in [-0.4, -0.2) is 43.0 Å². The van der Waals surface area contributed by atoms with Gasteiger partial charge in [-0.25, -0.2) is 0 Å². The first-order valence-corrected chi connectivity index (χ1v) is 7.96. The summed E-state index contributed by atoms with van der Waals surface area (Å²) in [6.45, 7) is 2.38. The number of hydrogen-bond donors (Lipinski definition) is 1. The van der Waals surface area contributed by atoms with Crippen molar-refractivity contribution >= 4 is 23.4 Å². The largest absolute Gasteiger partial charge is 0.492 e. The number of hydrogen-bond acceptors (Lipinski definition) is 3. The molecule has 22 heavy (non-hydrogen) atoms. The van der Waals surface area contributed by atoms with Crippen molar-refractivity contribution in [2.45, 2.75) is 25.7 Å². The molecule has 0 atom stereocenters. The lowest BCUT2D eigenvalue weighted by Crippen LogP contribution is -2.30. The van der Waals surface area contributed by atoms with Crippen molar-refractivity contribution < 1.29 is 14.3 Å². The number of carbonyl (C=O) groups excluding carboxylic acids is 2. The van der Waals surface area contributed by atoms with Gasteiger partial charge in [-0.3, -0.25) is 9.59 Å². The molecule has 0 aliphatic carbocycles. The summed E-state index contributed by atoms with van der Waals surface area (Å²) in [6, 6.07) is 7.10. The van der Waals surface area contributed by atoms with E-state index in [1.54, 1.807) is 24.3 Å². The minimum Gasteiger partial charge on any atom is -0.492 e. The minimum atomic E-state index is -0.00801. The smallest absolute Gasteiger partial charge is 0.222 e. The molecule has 0 bridgehead atoms. The zero-order valence-corrected chi connectivity index (χ0v) is 13.3. The van der Waals surface area contributed by atoms with Crippen LogP contribution >= 0.6 is 11.6 Å². The Morgan fingerprint density at radius 3 is 2.77 bits per heavy atom. The Morgan fingerprint density at radius 2 is 2.09 bits per heavy atom. The first-order valence-electron chi connectivity index (χ1n) is 7.58. The third-order valence-electron chi connectivity index (χ3n) is 3.51. The summed E-state index contributed by atoms with van der Waals surface area (Å²) in [5.41, 5.74) is 0. The molecule has 1 aromatic rings. The maximum Gasteiger partial charge on any atom is 0.222 e. The maximum absolute atomic E-state index is 11.7. The molecule has 0 saturated carbocycles. The molecule has 1 fully saturated rings. The molecule has 1 aromatic carbocycles. The van der Waals surface area contributed by atoms with Crippen molar-refractivity contribution in [1.29, 1.82) is 0 Å². The van der Waals surface area contributed by atoms with Gasteiger partial charge in [-0.2, -0.15) is 0 Å². The highest BCUT2D eigenvalue weighted by Crippen LogP contribution is 2.15. The number of halogens is 1. The Labute approximate surface area is 135 Å². The summed E-state index contributed by atoms with van der Waals surface area (Å²) in [5.74, 6) is 0.925. The second kappa shape index (κ2) is 8.63. The summed E-state index contributed by atoms with van der Waals surface area (Å²) in [7, 11) is 0. The van der Waals surface area contributed by atoms with Crippen molar-refractivity contribution in [2.24, 2.45) is 0 Å². The molecule has 1 saturated heterocycles. The number of nitrogens with zero attached hydrogens (tertiary/aromatic N) is 1. The molecular formula is C16H21ClN2O3. The summed E-state index contributed by atoms with van der Waals surface area (Å²) in [4.78, 5) is 24.9. The number of amides is 2. The van der Waals surface area contributed by atoms with Crippen LogP contribution in [0.15, 0.2) is 24.3 Å². The molecule has 1 aliphatic rings. The van der Waals surface area contributed by atoms with Crippen molar-refractivity contribution in [3.05, 3.63) is 29.3 Å². The molecule has 5 nitrogen and oxygen atoms in total. The van der Waals surface area contributed by atoms with Gasteiger partial charge in [0, 0.05) is 31.0 Å². The molecule has 0 spiro atoms. The van der Waals surface area contributed by atoms with Crippen LogP contribution in [0.2, 0.25) is 5.02 Å². The van der Waals surface area contributed by atoms with Crippen LogP contribution in [-0.2, 0) is 9.59 Å². The number of rotatable bonds is 8. The van der Waals surface area contributed by atoms with Gasteiger partial charge in [-0.15, -0.1) is 0 Å². The number of benzene rings is 1. The average Bonchev–Trinajstić information content (AvgIpc) is 2.91. The lowest BCUT2D eigenvalue weighted by atomic mass is 10.3.